The van der Waals surface area contributed by atoms with Gasteiger partial charge in [-0.1, -0.05) is 32.9 Å². The number of likely N-dealkylation sites (N-methyl/N-ethyl adjacent to an activating group) is 1. The summed E-state index contributed by atoms with van der Waals surface area (Å²) in [5, 5.41) is 6.80. The van der Waals surface area contributed by atoms with Crippen molar-refractivity contribution >= 4 is 45.9 Å². The van der Waals surface area contributed by atoms with Gasteiger partial charge in [0.15, 0.2) is 10.3 Å². The van der Waals surface area contributed by atoms with E-state index in [1.165, 1.54) is 11.8 Å². The quantitative estimate of drug-likeness (QED) is 0.448. The van der Waals surface area contributed by atoms with Crippen molar-refractivity contribution in [1.82, 2.24) is 24.8 Å². The molecule has 10 heteroatoms. The third kappa shape index (κ3) is 6.41. The van der Waals surface area contributed by atoms with Crippen LogP contribution in [0.3, 0.4) is 0 Å². The summed E-state index contributed by atoms with van der Waals surface area (Å²) in [6.45, 7) is 10.2. The molecule has 1 saturated carbocycles. The molecule has 0 unspecified atom stereocenters. The Kier molecular flexibility index (Phi) is 7.28. The molecular weight excluding hydrogens is 490 g/mol. The van der Waals surface area contributed by atoms with Crippen LogP contribution in [0.2, 0.25) is 0 Å². The highest BCUT2D eigenvalue weighted by atomic mass is 32.2. The van der Waals surface area contributed by atoms with E-state index in [1.54, 1.807) is 11.3 Å². The van der Waals surface area contributed by atoms with Gasteiger partial charge in [0.2, 0.25) is 11.9 Å². The van der Waals surface area contributed by atoms with Crippen LogP contribution in [0.15, 0.2) is 39.7 Å². The Labute approximate surface area is 221 Å². The molecule has 0 amide bonds. The Morgan fingerprint density at radius 1 is 1.06 bits per heavy atom. The number of carbonyl (C=O) groups excluding carboxylic acids is 1. The van der Waals surface area contributed by atoms with Crippen molar-refractivity contribution < 1.29 is 4.79 Å². The standard InChI is InChI=1S/C26H33N7OS2/c1-26(2,3)21-16-35-24(27-21)29-22-28-23(33-13-11-32(4)12-14-33)31-25(30-22)36-19-9-5-17(6-10-19)15-20(34)18-7-8-18/h5-6,9-10,16,18H,7-8,11-15H2,1-4H3,(H,27,28,29,30,31). The number of hydrogen-bond acceptors (Lipinski definition) is 10. The molecule has 2 fully saturated rings. The van der Waals surface area contributed by atoms with Gasteiger partial charge in [-0.05, 0) is 49.3 Å². The largest absolute Gasteiger partial charge is 0.338 e. The number of aromatic nitrogens is 4. The third-order valence-corrected chi connectivity index (χ3v) is 8.05. The first-order valence-corrected chi connectivity index (χ1v) is 14.1. The van der Waals surface area contributed by atoms with Crippen LogP contribution >= 0.6 is 23.1 Å². The van der Waals surface area contributed by atoms with Crippen LogP contribution in [0.5, 0.6) is 0 Å². The van der Waals surface area contributed by atoms with E-state index in [2.05, 4.69) is 48.3 Å². The molecule has 0 bridgehead atoms. The van der Waals surface area contributed by atoms with Gasteiger partial charge in [-0.15, -0.1) is 11.3 Å². The molecule has 0 spiro atoms. The second kappa shape index (κ2) is 10.4. The Morgan fingerprint density at radius 3 is 2.42 bits per heavy atom. The summed E-state index contributed by atoms with van der Waals surface area (Å²) < 4.78 is 0. The topological polar surface area (TPSA) is 87.1 Å². The number of nitrogens with one attached hydrogen (secondary N) is 1. The number of ketones is 1. The first-order chi connectivity index (χ1) is 17.2. The Morgan fingerprint density at radius 2 is 1.78 bits per heavy atom. The van der Waals surface area contributed by atoms with Crippen LogP contribution in [-0.2, 0) is 16.6 Å². The maximum atomic E-state index is 12.2. The lowest BCUT2D eigenvalue weighted by Gasteiger charge is -2.32. The van der Waals surface area contributed by atoms with E-state index < -0.39 is 0 Å². The van der Waals surface area contributed by atoms with Gasteiger partial charge in [-0.2, -0.15) is 15.0 Å². The smallest absolute Gasteiger partial charge is 0.234 e. The SMILES string of the molecule is CN1CCN(c2nc(Nc3nc(C(C)(C)C)cs3)nc(Sc3ccc(CC(=O)C4CC4)cc3)n2)CC1. The second-order valence-electron chi connectivity index (χ2n) is 10.6. The molecule has 36 heavy (non-hydrogen) atoms. The van der Waals surface area contributed by atoms with Gasteiger partial charge in [0.05, 0.1) is 5.69 Å². The molecule has 190 valence electrons. The van der Waals surface area contributed by atoms with Crippen molar-refractivity contribution in [3.63, 3.8) is 0 Å². The van der Waals surface area contributed by atoms with Gasteiger partial charge in [-0.3, -0.25) is 10.1 Å². The summed E-state index contributed by atoms with van der Waals surface area (Å²) in [7, 11) is 2.14. The van der Waals surface area contributed by atoms with Crippen molar-refractivity contribution in [2.75, 3.05) is 43.4 Å². The second-order valence-corrected chi connectivity index (χ2v) is 12.5. The Hall–Kier alpha value is -2.56. The number of benzene rings is 1. The van der Waals surface area contributed by atoms with Crippen molar-refractivity contribution in [3.8, 4) is 0 Å². The molecule has 2 aromatic heterocycles. The fourth-order valence-corrected chi connectivity index (χ4v) is 5.57. The van der Waals surface area contributed by atoms with E-state index >= 15 is 0 Å². The fraction of sp³-hybridized carbons (Fsp3) is 0.500. The average Bonchev–Trinajstić information content (AvgIpc) is 3.58. The fourth-order valence-electron chi connectivity index (χ4n) is 3.90. The van der Waals surface area contributed by atoms with Crippen molar-refractivity contribution in [2.45, 2.75) is 55.5 Å². The van der Waals surface area contributed by atoms with E-state index in [4.69, 9.17) is 19.9 Å². The minimum atomic E-state index is -0.0169. The molecule has 0 radical (unpaired) electrons. The zero-order valence-corrected chi connectivity index (χ0v) is 23.0. The van der Waals surface area contributed by atoms with Crippen molar-refractivity contribution in [2.24, 2.45) is 5.92 Å². The van der Waals surface area contributed by atoms with Crippen LogP contribution < -0.4 is 10.2 Å². The molecule has 1 N–H and O–H groups in total. The molecule has 1 saturated heterocycles. The highest BCUT2D eigenvalue weighted by Gasteiger charge is 2.29. The molecule has 5 rings (SSSR count). The molecule has 2 aliphatic rings. The molecular formula is C26H33N7OS2. The number of carbonyl (C=O) groups is 1. The highest BCUT2D eigenvalue weighted by molar-refractivity contribution is 7.99. The zero-order valence-electron chi connectivity index (χ0n) is 21.3. The van der Waals surface area contributed by atoms with Gasteiger partial charge in [0.1, 0.15) is 5.78 Å². The van der Waals surface area contributed by atoms with E-state index in [1.807, 2.05) is 24.3 Å². The lowest BCUT2D eigenvalue weighted by Crippen LogP contribution is -2.45. The number of piperazine rings is 1. The number of hydrogen-bond donors (Lipinski definition) is 1. The summed E-state index contributed by atoms with van der Waals surface area (Å²) >= 11 is 3.06. The molecule has 1 aliphatic heterocycles. The Bertz CT molecular complexity index is 1210. The van der Waals surface area contributed by atoms with E-state index in [9.17, 15) is 4.79 Å². The maximum absolute atomic E-state index is 12.2. The zero-order chi connectivity index (χ0) is 25.3. The predicted octanol–water partition coefficient (Wildman–Crippen LogP) is 4.79. The van der Waals surface area contributed by atoms with Crippen LogP contribution in [0, 0.1) is 5.92 Å². The average molecular weight is 524 g/mol. The molecule has 3 heterocycles. The first kappa shape index (κ1) is 25.1. The summed E-state index contributed by atoms with van der Waals surface area (Å²) in [6, 6.07) is 8.16. The monoisotopic (exact) mass is 523 g/mol. The Balaban J connectivity index is 1.36. The molecule has 3 aromatic rings. The van der Waals surface area contributed by atoms with Crippen molar-refractivity contribution in [3.05, 3.63) is 40.9 Å². The number of Topliss-reactive ketones (excluding diaryl/α,β-unsaturated/α-hetero) is 1. The van der Waals surface area contributed by atoms with Gasteiger partial charge < -0.3 is 9.80 Å². The molecule has 0 atom stereocenters. The van der Waals surface area contributed by atoms with E-state index in [0.29, 0.717) is 35.2 Å². The normalized spacial score (nSPS) is 16.8. The first-order valence-electron chi connectivity index (χ1n) is 12.4. The lowest BCUT2D eigenvalue weighted by molar-refractivity contribution is -0.119. The molecule has 1 aromatic carbocycles. The number of anilines is 3. The summed E-state index contributed by atoms with van der Waals surface area (Å²) in [6.07, 6.45) is 2.63. The van der Waals surface area contributed by atoms with E-state index in [0.717, 1.165) is 60.3 Å². The predicted molar refractivity (Wildman–Crippen MR) is 146 cm³/mol. The van der Waals surface area contributed by atoms with Crippen molar-refractivity contribution in [1.29, 1.82) is 0 Å². The summed E-state index contributed by atoms with van der Waals surface area (Å²) in [4.78, 5) is 36.7. The van der Waals surface area contributed by atoms with Gasteiger partial charge in [-0.25, -0.2) is 4.98 Å². The van der Waals surface area contributed by atoms with Gasteiger partial charge >= 0.3 is 0 Å². The van der Waals surface area contributed by atoms with E-state index in [-0.39, 0.29) is 5.41 Å². The van der Waals surface area contributed by atoms with Gasteiger partial charge in [0, 0.05) is 54.2 Å². The molecule has 8 nitrogen and oxygen atoms in total. The number of thiazole rings is 1. The third-order valence-electron chi connectivity index (χ3n) is 6.42. The lowest BCUT2D eigenvalue weighted by atomic mass is 9.93. The summed E-state index contributed by atoms with van der Waals surface area (Å²) in [5.74, 6) is 1.84. The molecule has 1 aliphatic carbocycles. The van der Waals surface area contributed by atoms with Crippen LogP contribution in [0.25, 0.3) is 0 Å². The minimum Gasteiger partial charge on any atom is -0.338 e. The highest BCUT2D eigenvalue weighted by Crippen LogP contribution is 2.32. The van der Waals surface area contributed by atoms with Crippen LogP contribution in [0.1, 0.15) is 44.9 Å². The van der Waals surface area contributed by atoms with Crippen LogP contribution in [-0.4, -0.2) is 63.8 Å². The summed E-state index contributed by atoms with van der Waals surface area (Å²) in [5.41, 5.74) is 2.08. The maximum Gasteiger partial charge on any atom is 0.234 e. The number of rotatable bonds is 8. The number of nitrogens with zero attached hydrogens (tertiary/aromatic N) is 6. The van der Waals surface area contributed by atoms with Crippen LogP contribution in [0.4, 0.5) is 17.0 Å². The minimum absolute atomic E-state index is 0.0169. The van der Waals surface area contributed by atoms with Gasteiger partial charge in [0.25, 0.3) is 0 Å².